The van der Waals surface area contributed by atoms with Crippen molar-refractivity contribution in [3.8, 4) is 0 Å². The fourth-order valence-electron chi connectivity index (χ4n) is 1.99. The molecule has 19 heavy (non-hydrogen) atoms. The zero-order chi connectivity index (χ0) is 14.0. The molecule has 1 aromatic heterocycles. The molecule has 1 unspecified atom stereocenters. The van der Waals surface area contributed by atoms with Crippen molar-refractivity contribution in [2.75, 3.05) is 0 Å². The highest BCUT2D eigenvalue weighted by molar-refractivity contribution is 7.20. The fourth-order valence-corrected chi connectivity index (χ4v) is 3.63. The number of halogens is 3. The molecule has 0 spiro atoms. The average molecular weight is 318 g/mol. The second-order valence-electron chi connectivity index (χ2n) is 4.44. The van der Waals surface area contributed by atoms with Gasteiger partial charge in [0.15, 0.2) is 0 Å². The third-order valence-electron chi connectivity index (χ3n) is 3.00. The Bertz CT molecular complexity index is 570. The monoisotopic (exact) mass is 317 g/mol. The van der Waals surface area contributed by atoms with E-state index in [0.717, 1.165) is 11.1 Å². The summed E-state index contributed by atoms with van der Waals surface area (Å²) in [5, 5.41) is 3.39. The van der Waals surface area contributed by atoms with E-state index < -0.39 is 0 Å². The van der Waals surface area contributed by atoms with Crippen LogP contribution in [-0.2, 0) is 0 Å². The minimum Gasteiger partial charge on any atom is -0.304 e. The van der Waals surface area contributed by atoms with Crippen molar-refractivity contribution in [1.29, 1.82) is 0 Å². The summed E-state index contributed by atoms with van der Waals surface area (Å²) in [7, 11) is 0. The van der Waals surface area contributed by atoms with E-state index in [0.29, 0.717) is 8.67 Å². The van der Waals surface area contributed by atoms with Crippen LogP contribution in [0.3, 0.4) is 0 Å². The largest absolute Gasteiger partial charge is 0.304 e. The Hall–Kier alpha value is -0.610. The zero-order valence-electron chi connectivity index (χ0n) is 10.6. The summed E-state index contributed by atoms with van der Waals surface area (Å²) in [6.45, 7) is 4.01. The third kappa shape index (κ3) is 3.69. The first-order chi connectivity index (χ1) is 8.97. The Balaban J connectivity index is 2.10. The molecule has 1 nitrogen and oxygen atoms in total. The van der Waals surface area contributed by atoms with E-state index in [1.165, 1.54) is 23.5 Å². The average Bonchev–Trinajstić information content (AvgIpc) is 2.68. The van der Waals surface area contributed by atoms with Gasteiger partial charge in [0.25, 0.3) is 0 Å². The lowest BCUT2D eigenvalue weighted by Gasteiger charge is -2.20. The smallest absolute Gasteiger partial charge is 0.123 e. The molecule has 0 aliphatic heterocycles. The molecule has 2 aromatic rings. The van der Waals surface area contributed by atoms with E-state index >= 15 is 0 Å². The Morgan fingerprint density at radius 3 is 2.47 bits per heavy atom. The number of thiophene rings is 1. The lowest BCUT2D eigenvalue weighted by atomic mass is 10.1. The number of hydrogen-bond donors (Lipinski definition) is 1. The van der Waals surface area contributed by atoms with E-state index in [9.17, 15) is 4.39 Å². The van der Waals surface area contributed by atoms with Crippen molar-refractivity contribution in [2.45, 2.75) is 25.9 Å². The van der Waals surface area contributed by atoms with Crippen LogP contribution in [0.4, 0.5) is 4.39 Å². The molecule has 0 amide bonds. The van der Waals surface area contributed by atoms with Gasteiger partial charge in [-0.2, -0.15) is 0 Å². The van der Waals surface area contributed by atoms with Crippen LogP contribution in [0.2, 0.25) is 8.67 Å². The van der Waals surface area contributed by atoms with Gasteiger partial charge in [0.2, 0.25) is 0 Å². The Labute approximate surface area is 126 Å². The van der Waals surface area contributed by atoms with Gasteiger partial charge in [-0.15, -0.1) is 11.3 Å². The maximum Gasteiger partial charge on any atom is 0.123 e. The summed E-state index contributed by atoms with van der Waals surface area (Å²) in [6, 6.07) is 8.53. The summed E-state index contributed by atoms with van der Waals surface area (Å²) in [6.07, 6.45) is 0. The standard InChI is InChI=1S/C14H14Cl2FNS/c1-8(10-4-3-5-11(17)6-10)18-9(2)12-7-13(15)19-14(12)16/h3-9,18H,1-2H3/t8-,9?/m0/s1. The summed E-state index contributed by atoms with van der Waals surface area (Å²) in [4.78, 5) is 0. The molecule has 0 saturated heterocycles. The van der Waals surface area contributed by atoms with E-state index in [1.807, 2.05) is 26.0 Å². The van der Waals surface area contributed by atoms with Crippen LogP contribution in [-0.4, -0.2) is 0 Å². The van der Waals surface area contributed by atoms with Crippen molar-refractivity contribution >= 4 is 34.5 Å². The molecule has 0 bridgehead atoms. The second kappa shape index (κ2) is 6.23. The highest BCUT2D eigenvalue weighted by Gasteiger charge is 2.16. The molecule has 5 heteroatoms. The van der Waals surface area contributed by atoms with Gasteiger partial charge in [0.05, 0.1) is 8.67 Å². The highest BCUT2D eigenvalue weighted by atomic mass is 35.5. The molecule has 1 aromatic carbocycles. The van der Waals surface area contributed by atoms with E-state index in [1.54, 1.807) is 6.07 Å². The minimum absolute atomic E-state index is 0.0282. The number of nitrogens with one attached hydrogen (secondary N) is 1. The van der Waals surface area contributed by atoms with Crippen LogP contribution < -0.4 is 5.32 Å². The van der Waals surface area contributed by atoms with Gasteiger partial charge < -0.3 is 5.32 Å². The first-order valence-corrected chi connectivity index (χ1v) is 7.51. The molecule has 0 radical (unpaired) electrons. The fraction of sp³-hybridized carbons (Fsp3) is 0.286. The highest BCUT2D eigenvalue weighted by Crippen LogP contribution is 2.35. The molecule has 0 aliphatic rings. The molecular formula is C14H14Cl2FNS. The van der Waals surface area contributed by atoms with Crippen LogP contribution >= 0.6 is 34.5 Å². The van der Waals surface area contributed by atoms with Gasteiger partial charge in [-0.25, -0.2) is 4.39 Å². The van der Waals surface area contributed by atoms with Gasteiger partial charge in [0.1, 0.15) is 5.82 Å². The Morgan fingerprint density at radius 2 is 1.89 bits per heavy atom. The van der Waals surface area contributed by atoms with Crippen LogP contribution in [0.5, 0.6) is 0 Å². The Kier molecular flexibility index (Phi) is 4.85. The SMILES string of the molecule is CC(N[C@@H](C)c1cccc(F)c1)c1cc(Cl)sc1Cl. The topological polar surface area (TPSA) is 12.0 Å². The van der Waals surface area contributed by atoms with Gasteiger partial charge in [-0.05, 0) is 43.2 Å². The van der Waals surface area contributed by atoms with E-state index in [4.69, 9.17) is 23.2 Å². The normalized spacial score (nSPS) is 14.4. The lowest BCUT2D eigenvalue weighted by molar-refractivity contribution is 0.493. The second-order valence-corrected chi connectivity index (χ2v) is 6.73. The van der Waals surface area contributed by atoms with Crippen LogP contribution in [0.1, 0.15) is 37.1 Å². The minimum atomic E-state index is -0.226. The number of hydrogen-bond acceptors (Lipinski definition) is 2. The van der Waals surface area contributed by atoms with E-state index in [-0.39, 0.29) is 17.9 Å². The van der Waals surface area contributed by atoms with Crippen LogP contribution in [0.25, 0.3) is 0 Å². The predicted octanol–water partition coefficient (Wildman–Crippen LogP) is 5.61. The maximum atomic E-state index is 13.2. The maximum absolute atomic E-state index is 13.2. The molecular weight excluding hydrogens is 304 g/mol. The summed E-state index contributed by atoms with van der Waals surface area (Å²) >= 11 is 13.4. The molecule has 2 rings (SSSR count). The lowest BCUT2D eigenvalue weighted by Crippen LogP contribution is -2.22. The molecule has 0 saturated carbocycles. The van der Waals surface area contributed by atoms with Crippen molar-refractivity contribution < 1.29 is 4.39 Å². The third-order valence-corrected chi connectivity index (χ3v) is 4.52. The molecule has 1 heterocycles. The molecule has 2 atom stereocenters. The van der Waals surface area contributed by atoms with Crippen molar-refractivity contribution in [3.63, 3.8) is 0 Å². The van der Waals surface area contributed by atoms with E-state index in [2.05, 4.69) is 5.32 Å². The predicted molar refractivity (Wildman–Crippen MR) is 80.7 cm³/mol. The van der Waals surface area contributed by atoms with Gasteiger partial charge >= 0.3 is 0 Å². The molecule has 0 aliphatic carbocycles. The number of rotatable bonds is 4. The molecule has 1 N–H and O–H groups in total. The van der Waals surface area contributed by atoms with Crippen LogP contribution in [0, 0.1) is 5.82 Å². The quantitative estimate of drug-likeness (QED) is 0.773. The summed E-state index contributed by atoms with van der Waals surface area (Å²) < 4.78 is 14.6. The van der Waals surface area contributed by atoms with Crippen molar-refractivity contribution in [1.82, 2.24) is 5.32 Å². The van der Waals surface area contributed by atoms with Crippen LogP contribution in [0.15, 0.2) is 30.3 Å². The van der Waals surface area contributed by atoms with Gasteiger partial charge in [-0.3, -0.25) is 0 Å². The first kappa shape index (κ1) is 14.8. The first-order valence-electron chi connectivity index (χ1n) is 5.93. The Morgan fingerprint density at radius 1 is 1.16 bits per heavy atom. The zero-order valence-corrected chi connectivity index (χ0v) is 12.9. The molecule has 102 valence electrons. The summed E-state index contributed by atoms with van der Waals surface area (Å²) in [5.41, 5.74) is 1.88. The summed E-state index contributed by atoms with van der Waals surface area (Å²) in [5.74, 6) is -0.226. The van der Waals surface area contributed by atoms with Crippen molar-refractivity contribution in [2.24, 2.45) is 0 Å². The number of benzene rings is 1. The molecule has 0 fully saturated rings. The van der Waals surface area contributed by atoms with Crippen molar-refractivity contribution in [3.05, 3.63) is 55.9 Å². The van der Waals surface area contributed by atoms with Gasteiger partial charge in [0, 0.05) is 12.1 Å². The van der Waals surface area contributed by atoms with Gasteiger partial charge in [-0.1, -0.05) is 35.3 Å².